The van der Waals surface area contributed by atoms with Crippen molar-refractivity contribution in [2.75, 3.05) is 19.6 Å². The molecule has 0 aromatic carbocycles. The van der Waals surface area contributed by atoms with E-state index in [1.165, 1.54) is 5.56 Å². The second-order valence-corrected chi connectivity index (χ2v) is 5.51. The molecule has 1 unspecified atom stereocenters. The highest BCUT2D eigenvalue weighted by Gasteiger charge is 2.26. The number of halogens is 1. The summed E-state index contributed by atoms with van der Waals surface area (Å²) in [6.07, 6.45) is 3.83. The molecule has 1 fully saturated rings. The van der Waals surface area contributed by atoms with E-state index in [1.54, 1.807) is 0 Å². The lowest BCUT2D eigenvalue weighted by atomic mass is 10.1. The Morgan fingerprint density at radius 1 is 1.58 bits per heavy atom. The first kappa shape index (κ1) is 12.8. The van der Waals surface area contributed by atoms with Crippen LogP contribution < -0.4 is 5.32 Å². The van der Waals surface area contributed by atoms with E-state index in [2.05, 4.69) is 41.5 Å². The Kier molecular flexibility index (Phi) is 3.67. The van der Waals surface area contributed by atoms with Crippen molar-refractivity contribution in [2.45, 2.75) is 19.5 Å². The number of aryl methyl sites for hydroxylation is 1. The Hall–Kier alpha value is -1.18. The molecule has 0 bridgehead atoms. The third kappa shape index (κ3) is 2.58. The minimum atomic E-state index is 0.316. The van der Waals surface area contributed by atoms with Crippen LogP contribution in [0.3, 0.4) is 0 Å². The van der Waals surface area contributed by atoms with Gasteiger partial charge in [-0.3, -0.25) is 10.00 Å². The molecule has 19 heavy (non-hydrogen) atoms. The van der Waals surface area contributed by atoms with Crippen LogP contribution in [0, 0.1) is 6.92 Å². The van der Waals surface area contributed by atoms with Crippen molar-refractivity contribution in [1.82, 2.24) is 25.6 Å². The van der Waals surface area contributed by atoms with Crippen LogP contribution in [-0.2, 0) is 6.54 Å². The lowest BCUT2D eigenvalue weighted by Crippen LogP contribution is -2.45. The molecule has 2 aromatic rings. The minimum Gasteiger partial charge on any atom is -0.360 e. The summed E-state index contributed by atoms with van der Waals surface area (Å²) < 4.78 is 6.17. The Balaban J connectivity index is 1.79. The largest absolute Gasteiger partial charge is 0.360 e. The topological polar surface area (TPSA) is 70.0 Å². The molecule has 1 saturated heterocycles. The summed E-state index contributed by atoms with van der Waals surface area (Å²) in [5.41, 5.74) is 2.15. The number of aromatic nitrogens is 3. The van der Waals surface area contributed by atoms with Crippen LogP contribution in [0.15, 0.2) is 21.4 Å². The number of piperazine rings is 1. The maximum absolute atomic E-state index is 5.21. The number of hydrogen-bond donors (Lipinski definition) is 2. The predicted molar refractivity (Wildman–Crippen MR) is 73.5 cm³/mol. The Labute approximate surface area is 119 Å². The molecule has 0 aliphatic carbocycles. The summed E-state index contributed by atoms with van der Waals surface area (Å²) in [4.78, 5) is 2.39. The maximum Gasteiger partial charge on any atom is 0.148 e. The van der Waals surface area contributed by atoms with Crippen LogP contribution >= 0.6 is 15.9 Å². The summed E-state index contributed by atoms with van der Waals surface area (Å²) in [5.74, 6) is 0.824. The van der Waals surface area contributed by atoms with Gasteiger partial charge in [0.25, 0.3) is 0 Å². The Morgan fingerprint density at radius 2 is 2.47 bits per heavy atom. The molecule has 1 aliphatic heterocycles. The van der Waals surface area contributed by atoms with Gasteiger partial charge in [-0.25, -0.2) is 0 Å². The first-order valence-corrected chi connectivity index (χ1v) is 7.09. The number of hydrogen-bond acceptors (Lipinski definition) is 5. The van der Waals surface area contributed by atoms with E-state index < -0.39 is 0 Å². The zero-order valence-electron chi connectivity index (χ0n) is 10.7. The van der Waals surface area contributed by atoms with Gasteiger partial charge in [-0.05, 0) is 22.9 Å². The molecule has 3 heterocycles. The molecular formula is C12H16BrN5O. The van der Waals surface area contributed by atoms with E-state index in [-0.39, 0.29) is 0 Å². The van der Waals surface area contributed by atoms with E-state index in [9.17, 15) is 0 Å². The van der Waals surface area contributed by atoms with Gasteiger partial charge in [0.1, 0.15) is 11.5 Å². The second kappa shape index (κ2) is 5.44. The highest BCUT2D eigenvalue weighted by molar-refractivity contribution is 9.10. The first-order chi connectivity index (χ1) is 9.25. The summed E-state index contributed by atoms with van der Waals surface area (Å²) >= 11 is 3.53. The molecule has 2 aromatic heterocycles. The summed E-state index contributed by atoms with van der Waals surface area (Å²) in [7, 11) is 0. The molecule has 0 spiro atoms. The maximum atomic E-state index is 5.21. The number of aromatic amines is 1. The molecule has 0 radical (unpaired) electrons. The Morgan fingerprint density at radius 3 is 3.16 bits per heavy atom. The van der Waals surface area contributed by atoms with Crippen LogP contribution in [0.2, 0.25) is 0 Å². The minimum absolute atomic E-state index is 0.316. The summed E-state index contributed by atoms with van der Waals surface area (Å²) in [6, 6.07) is 0.316. The molecule has 102 valence electrons. The van der Waals surface area contributed by atoms with E-state index in [0.717, 1.165) is 42.1 Å². The van der Waals surface area contributed by atoms with Crippen molar-refractivity contribution >= 4 is 15.9 Å². The number of nitrogens with one attached hydrogen (secondary N) is 2. The van der Waals surface area contributed by atoms with Crippen LogP contribution in [0.5, 0.6) is 0 Å². The zero-order chi connectivity index (χ0) is 13.2. The fourth-order valence-corrected chi connectivity index (χ4v) is 2.68. The first-order valence-electron chi connectivity index (χ1n) is 6.30. The standard InChI is InChI=1S/C12H16BrN5O/c1-8-12(13)10(17-19-8)7-18-3-2-14-6-11(18)9-4-15-16-5-9/h4-5,11,14H,2-3,6-7H2,1H3,(H,15,16). The average Bonchev–Trinajstić information content (AvgIpc) is 3.05. The molecule has 6 nitrogen and oxygen atoms in total. The van der Waals surface area contributed by atoms with Crippen molar-refractivity contribution in [3.8, 4) is 0 Å². The number of rotatable bonds is 3. The van der Waals surface area contributed by atoms with E-state index in [0.29, 0.717) is 6.04 Å². The normalized spacial score (nSPS) is 20.8. The molecular weight excluding hydrogens is 310 g/mol. The third-order valence-corrected chi connectivity index (χ3v) is 4.48. The molecule has 0 saturated carbocycles. The average molecular weight is 326 g/mol. The molecule has 2 N–H and O–H groups in total. The van der Waals surface area contributed by atoms with Crippen LogP contribution in [0.25, 0.3) is 0 Å². The van der Waals surface area contributed by atoms with Crippen molar-refractivity contribution in [3.63, 3.8) is 0 Å². The number of nitrogens with zero attached hydrogens (tertiary/aromatic N) is 3. The number of H-pyrrole nitrogens is 1. The van der Waals surface area contributed by atoms with Gasteiger partial charge in [-0.2, -0.15) is 5.10 Å². The highest BCUT2D eigenvalue weighted by Crippen LogP contribution is 2.27. The second-order valence-electron chi connectivity index (χ2n) is 4.72. The van der Waals surface area contributed by atoms with Crippen molar-refractivity contribution in [3.05, 3.63) is 33.9 Å². The molecule has 3 rings (SSSR count). The van der Waals surface area contributed by atoms with Crippen LogP contribution in [-0.4, -0.2) is 39.9 Å². The van der Waals surface area contributed by atoms with Gasteiger partial charge in [0.15, 0.2) is 0 Å². The van der Waals surface area contributed by atoms with E-state index in [4.69, 9.17) is 4.52 Å². The predicted octanol–water partition coefficient (Wildman–Crippen LogP) is 1.62. The van der Waals surface area contributed by atoms with Gasteiger partial charge >= 0.3 is 0 Å². The van der Waals surface area contributed by atoms with E-state index >= 15 is 0 Å². The van der Waals surface area contributed by atoms with Crippen molar-refractivity contribution in [1.29, 1.82) is 0 Å². The smallest absolute Gasteiger partial charge is 0.148 e. The highest BCUT2D eigenvalue weighted by atomic mass is 79.9. The molecule has 0 amide bonds. The van der Waals surface area contributed by atoms with Gasteiger partial charge in [-0.15, -0.1) is 0 Å². The van der Waals surface area contributed by atoms with Crippen molar-refractivity contribution in [2.24, 2.45) is 0 Å². The van der Waals surface area contributed by atoms with Gasteiger partial charge in [0.2, 0.25) is 0 Å². The molecule has 7 heteroatoms. The zero-order valence-corrected chi connectivity index (χ0v) is 12.3. The van der Waals surface area contributed by atoms with Gasteiger partial charge in [-0.1, -0.05) is 5.16 Å². The fourth-order valence-electron chi connectivity index (χ4n) is 2.40. The fraction of sp³-hybridized carbons (Fsp3) is 0.500. The third-order valence-electron chi connectivity index (χ3n) is 3.47. The lowest BCUT2D eigenvalue weighted by Gasteiger charge is -2.35. The SMILES string of the molecule is Cc1onc(CN2CCNCC2c2cn[nH]c2)c1Br. The van der Waals surface area contributed by atoms with Crippen molar-refractivity contribution < 1.29 is 4.52 Å². The Bertz CT molecular complexity index is 538. The van der Waals surface area contributed by atoms with Crippen LogP contribution in [0.1, 0.15) is 23.1 Å². The monoisotopic (exact) mass is 325 g/mol. The van der Waals surface area contributed by atoms with Gasteiger partial charge in [0, 0.05) is 37.9 Å². The van der Waals surface area contributed by atoms with E-state index in [1.807, 2.05) is 19.3 Å². The molecule has 1 atom stereocenters. The molecule has 1 aliphatic rings. The quantitative estimate of drug-likeness (QED) is 0.897. The lowest BCUT2D eigenvalue weighted by molar-refractivity contribution is 0.149. The summed E-state index contributed by atoms with van der Waals surface area (Å²) in [6.45, 7) is 5.58. The van der Waals surface area contributed by atoms with Gasteiger partial charge < -0.3 is 9.84 Å². The summed E-state index contributed by atoms with van der Waals surface area (Å²) in [5, 5.41) is 14.5. The van der Waals surface area contributed by atoms with Gasteiger partial charge in [0.05, 0.1) is 16.7 Å². The van der Waals surface area contributed by atoms with Crippen LogP contribution in [0.4, 0.5) is 0 Å².